The Labute approximate surface area is 80.5 Å². The van der Waals surface area contributed by atoms with Gasteiger partial charge >= 0.3 is 0 Å². The fourth-order valence-electron chi connectivity index (χ4n) is 1.03. The minimum absolute atomic E-state index is 0.637. The van der Waals surface area contributed by atoms with Gasteiger partial charge in [-0.05, 0) is 24.3 Å². The van der Waals surface area contributed by atoms with Crippen molar-refractivity contribution in [1.29, 1.82) is 0 Å². The van der Waals surface area contributed by atoms with Crippen LogP contribution in [0.1, 0.15) is 0 Å². The molecule has 0 radical (unpaired) electrons. The first-order valence-corrected chi connectivity index (χ1v) is 4.23. The Kier molecular flexibility index (Phi) is 2.14. The fraction of sp³-hybridized carbons (Fsp3) is 0. The molecule has 3 nitrogen and oxygen atoms in total. The Balaban J connectivity index is 2.48. The molecule has 0 aliphatic heterocycles. The molecule has 0 fully saturated rings. The van der Waals surface area contributed by atoms with E-state index in [0.717, 1.165) is 11.3 Å². The lowest BCUT2D eigenvalue weighted by atomic mass is 10.2. The van der Waals surface area contributed by atoms with Gasteiger partial charge in [0.1, 0.15) is 4.64 Å². The highest BCUT2D eigenvalue weighted by Crippen LogP contribution is 2.12. The second-order valence-electron chi connectivity index (χ2n) is 2.54. The van der Waals surface area contributed by atoms with Crippen molar-refractivity contribution >= 4 is 12.2 Å². The van der Waals surface area contributed by atoms with Crippen LogP contribution < -0.4 is 0 Å². The third kappa shape index (κ3) is 1.78. The molecule has 2 aromatic rings. The summed E-state index contributed by atoms with van der Waals surface area (Å²) in [5.41, 5.74) is 1.90. The average molecular weight is 189 g/mol. The summed E-state index contributed by atoms with van der Waals surface area (Å²) in [6.45, 7) is 0. The highest BCUT2D eigenvalue weighted by molar-refractivity contribution is 7.71. The van der Waals surface area contributed by atoms with Crippen LogP contribution in [-0.2, 0) is 0 Å². The minimum atomic E-state index is 0.637. The molecule has 0 aliphatic carbocycles. The number of rotatable bonds is 1. The summed E-state index contributed by atoms with van der Waals surface area (Å²) in [6, 6.07) is 7.50. The number of pyridine rings is 1. The van der Waals surface area contributed by atoms with Crippen LogP contribution >= 0.6 is 12.2 Å². The average Bonchev–Trinajstić information content (AvgIpc) is 2.20. The maximum absolute atomic E-state index is 4.89. The Morgan fingerprint density at radius 1 is 1.08 bits per heavy atom. The largest absolute Gasteiger partial charge is 0.267 e. The van der Waals surface area contributed by atoms with Gasteiger partial charge in [0.15, 0.2) is 0 Å². The standard InChI is InChI=1S/C9H7N3S/c13-9-2-1-8(11-12-9)7-3-5-10-6-4-7/h1-6H,(H,12,13). The molecule has 1 N–H and O–H groups in total. The second-order valence-corrected chi connectivity index (χ2v) is 2.98. The third-order valence-electron chi connectivity index (χ3n) is 1.66. The monoisotopic (exact) mass is 189 g/mol. The number of hydrogen-bond acceptors (Lipinski definition) is 3. The highest BCUT2D eigenvalue weighted by Gasteiger charge is 1.95. The van der Waals surface area contributed by atoms with E-state index in [1.54, 1.807) is 12.4 Å². The van der Waals surface area contributed by atoms with Crippen LogP contribution in [0.3, 0.4) is 0 Å². The van der Waals surface area contributed by atoms with E-state index in [9.17, 15) is 0 Å². The van der Waals surface area contributed by atoms with Crippen LogP contribution in [0.5, 0.6) is 0 Å². The quantitative estimate of drug-likeness (QED) is 0.699. The molecule has 0 spiro atoms. The maximum Gasteiger partial charge on any atom is 0.119 e. The summed E-state index contributed by atoms with van der Waals surface area (Å²) in [7, 11) is 0. The summed E-state index contributed by atoms with van der Waals surface area (Å²) in [6.07, 6.45) is 3.47. The van der Waals surface area contributed by atoms with Gasteiger partial charge in [-0.2, -0.15) is 5.10 Å². The summed E-state index contributed by atoms with van der Waals surface area (Å²) in [5, 5.41) is 6.83. The van der Waals surface area contributed by atoms with Crippen LogP contribution in [-0.4, -0.2) is 15.2 Å². The van der Waals surface area contributed by atoms with Crippen molar-refractivity contribution in [2.75, 3.05) is 0 Å². The van der Waals surface area contributed by atoms with Gasteiger partial charge in [-0.3, -0.25) is 10.1 Å². The lowest BCUT2D eigenvalue weighted by Crippen LogP contribution is -1.86. The van der Waals surface area contributed by atoms with Crippen molar-refractivity contribution in [2.24, 2.45) is 0 Å². The van der Waals surface area contributed by atoms with Gasteiger partial charge in [0.25, 0.3) is 0 Å². The molecule has 0 aromatic carbocycles. The first-order chi connectivity index (χ1) is 6.36. The van der Waals surface area contributed by atoms with Crippen molar-refractivity contribution < 1.29 is 0 Å². The predicted molar refractivity (Wildman–Crippen MR) is 52.7 cm³/mol. The van der Waals surface area contributed by atoms with Gasteiger partial charge in [-0.15, -0.1) is 0 Å². The van der Waals surface area contributed by atoms with Crippen LogP contribution in [0, 0.1) is 4.64 Å². The molecule has 64 valence electrons. The molecule has 0 atom stereocenters. The minimum Gasteiger partial charge on any atom is -0.267 e. The van der Waals surface area contributed by atoms with Gasteiger partial charge in [0.2, 0.25) is 0 Å². The Morgan fingerprint density at radius 3 is 2.46 bits per heavy atom. The predicted octanol–water partition coefficient (Wildman–Crippen LogP) is 2.20. The Bertz CT molecular complexity index is 429. The van der Waals surface area contributed by atoms with Gasteiger partial charge in [0, 0.05) is 18.0 Å². The van der Waals surface area contributed by atoms with Gasteiger partial charge in [-0.1, -0.05) is 12.2 Å². The van der Waals surface area contributed by atoms with E-state index >= 15 is 0 Å². The molecule has 2 aromatic heterocycles. The fourth-order valence-corrected chi connectivity index (χ4v) is 1.14. The van der Waals surface area contributed by atoms with Crippen molar-refractivity contribution in [3.8, 4) is 11.3 Å². The zero-order chi connectivity index (χ0) is 9.10. The maximum atomic E-state index is 4.89. The molecule has 13 heavy (non-hydrogen) atoms. The Morgan fingerprint density at radius 2 is 1.85 bits per heavy atom. The van der Waals surface area contributed by atoms with Crippen molar-refractivity contribution in [3.05, 3.63) is 41.3 Å². The summed E-state index contributed by atoms with van der Waals surface area (Å²) in [5.74, 6) is 0. The van der Waals surface area contributed by atoms with E-state index in [4.69, 9.17) is 12.2 Å². The SMILES string of the molecule is S=c1ccc(-c2ccncc2)n[nH]1. The summed E-state index contributed by atoms with van der Waals surface area (Å²) >= 11 is 4.89. The number of nitrogens with zero attached hydrogens (tertiary/aromatic N) is 2. The summed E-state index contributed by atoms with van der Waals surface area (Å²) < 4.78 is 0.637. The number of nitrogens with one attached hydrogen (secondary N) is 1. The second kappa shape index (κ2) is 3.45. The molecule has 0 amide bonds. The van der Waals surface area contributed by atoms with Gasteiger partial charge in [-0.25, -0.2) is 0 Å². The Hall–Kier alpha value is -1.55. The summed E-state index contributed by atoms with van der Waals surface area (Å²) in [4.78, 5) is 3.93. The van der Waals surface area contributed by atoms with Crippen molar-refractivity contribution in [1.82, 2.24) is 15.2 Å². The molecule has 4 heteroatoms. The third-order valence-corrected chi connectivity index (χ3v) is 1.88. The lowest BCUT2D eigenvalue weighted by Gasteiger charge is -1.97. The highest BCUT2D eigenvalue weighted by atomic mass is 32.1. The molecular formula is C9H7N3S. The zero-order valence-corrected chi connectivity index (χ0v) is 7.58. The number of H-pyrrole nitrogens is 1. The molecule has 2 heterocycles. The normalized spacial score (nSPS) is 9.85. The van der Waals surface area contributed by atoms with Crippen LogP contribution in [0.15, 0.2) is 36.7 Å². The van der Waals surface area contributed by atoms with Gasteiger partial charge in [0.05, 0.1) is 5.69 Å². The number of hydrogen-bond donors (Lipinski definition) is 1. The van der Waals surface area contributed by atoms with E-state index in [-0.39, 0.29) is 0 Å². The first kappa shape index (κ1) is 8.07. The van der Waals surface area contributed by atoms with E-state index in [2.05, 4.69) is 15.2 Å². The zero-order valence-electron chi connectivity index (χ0n) is 6.77. The van der Waals surface area contributed by atoms with E-state index in [1.165, 1.54) is 0 Å². The van der Waals surface area contributed by atoms with E-state index in [0.29, 0.717) is 4.64 Å². The van der Waals surface area contributed by atoms with Gasteiger partial charge < -0.3 is 0 Å². The number of aromatic amines is 1. The molecule has 0 saturated heterocycles. The lowest BCUT2D eigenvalue weighted by molar-refractivity contribution is 1.02. The van der Waals surface area contributed by atoms with Crippen LogP contribution in [0.2, 0.25) is 0 Å². The van der Waals surface area contributed by atoms with Crippen LogP contribution in [0.4, 0.5) is 0 Å². The van der Waals surface area contributed by atoms with Crippen LogP contribution in [0.25, 0.3) is 11.3 Å². The smallest absolute Gasteiger partial charge is 0.119 e. The van der Waals surface area contributed by atoms with E-state index < -0.39 is 0 Å². The van der Waals surface area contributed by atoms with E-state index in [1.807, 2.05) is 24.3 Å². The molecule has 0 saturated carbocycles. The molecule has 0 aliphatic rings. The first-order valence-electron chi connectivity index (χ1n) is 3.82. The molecule has 0 bridgehead atoms. The molecular weight excluding hydrogens is 182 g/mol. The van der Waals surface area contributed by atoms with Crippen molar-refractivity contribution in [2.45, 2.75) is 0 Å². The van der Waals surface area contributed by atoms with Crippen molar-refractivity contribution in [3.63, 3.8) is 0 Å². The number of aromatic nitrogens is 3. The topological polar surface area (TPSA) is 41.6 Å². The molecule has 0 unspecified atom stereocenters. The molecule has 2 rings (SSSR count).